The van der Waals surface area contributed by atoms with Crippen LogP contribution in [0.4, 0.5) is 0 Å². The molecule has 3 nitrogen and oxygen atoms in total. The van der Waals surface area contributed by atoms with E-state index in [9.17, 15) is 0 Å². The lowest BCUT2D eigenvalue weighted by atomic mass is 9.82. The molecule has 1 rings (SSSR count). The van der Waals surface area contributed by atoms with Gasteiger partial charge in [-0.15, -0.1) is 0 Å². The minimum absolute atomic E-state index is 0.579. The van der Waals surface area contributed by atoms with Crippen molar-refractivity contribution in [2.45, 2.75) is 46.5 Å². The van der Waals surface area contributed by atoms with Crippen molar-refractivity contribution in [2.24, 2.45) is 28.5 Å². The van der Waals surface area contributed by atoms with E-state index < -0.39 is 0 Å². The summed E-state index contributed by atoms with van der Waals surface area (Å²) in [6.45, 7) is 8.47. The zero-order valence-electron chi connectivity index (χ0n) is 11.0. The van der Waals surface area contributed by atoms with Crippen molar-refractivity contribution >= 4 is 5.96 Å². The van der Waals surface area contributed by atoms with Crippen molar-refractivity contribution in [1.82, 2.24) is 5.32 Å². The van der Waals surface area contributed by atoms with Gasteiger partial charge in [0, 0.05) is 13.1 Å². The molecule has 1 fully saturated rings. The standard InChI is InChI=1S/C13H27N3/c1-10(2)8-15-13(14)16-9-12-6-4-5-11(3)7-12/h10-12H,4-9H2,1-3H3,(H3,14,15,16). The molecule has 0 aromatic heterocycles. The Morgan fingerprint density at radius 1 is 1.44 bits per heavy atom. The van der Waals surface area contributed by atoms with Crippen LogP contribution in [0.25, 0.3) is 0 Å². The molecule has 16 heavy (non-hydrogen) atoms. The van der Waals surface area contributed by atoms with E-state index >= 15 is 0 Å². The fraction of sp³-hybridized carbons (Fsp3) is 0.923. The average Bonchev–Trinajstić information content (AvgIpc) is 2.23. The molecule has 0 spiro atoms. The molecule has 3 N–H and O–H groups in total. The molecule has 94 valence electrons. The third-order valence-corrected chi connectivity index (χ3v) is 3.24. The monoisotopic (exact) mass is 225 g/mol. The van der Waals surface area contributed by atoms with E-state index in [1.807, 2.05) is 0 Å². The second-order valence-corrected chi connectivity index (χ2v) is 5.64. The number of guanidine groups is 1. The van der Waals surface area contributed by atoms with Crippen molar-refractivity contribution in [3.8, 4) is 0 Å². The summed E-state index contributed by atoms with van der Waals surface area (Å²) in [6, 6.07) is 0. The minimum atomic E-state index is 0.579. The highest BCUT2D eigenvalue weighted by Gasteiger charge is 2.18. The second kappa shape index (κ2) is 6.77. The molecule has 0 saturated heterocycles. The Hall–Kier alpha value is -0.730. The van der Waals surface area contributed by atoms with Gasteiger partial charge in [0.2, 0.25) is 0 Å². The van der Waals surface area contributed by atoms with E-state index in [-0.39, 0.29) is 0 Å². The molecule has 0 heterocycles. The van der Waals surface area contributed by atoms with Gasteiger partial charge in [-0.2, -0.15) is 0 Å². The lowest BCUT2D eigenvalue weighted by molar-refractivity contribution is 0.282. The summed E-state index contributed by atoms with van der Waals surface area (Å²) in [5, 5.41) is 3.26. The van der Waals surface area contributed by atoms with Crippen LogP contribution in [0.2, 0.25) is 0 Å². The Kier molecular flexibility index (Phi) is 5.64. The maximum atomic E-state index is 5.81. The highest BCUT2D eigenvalue weighted by molar-refractivity contribution is 5.77. The summed E-state index contributed by atoms with van der Waals surface area (Å²) in [5.41, 5.74) is 5.81. The van der Waals surface area contributed by atoms with Crippen LogP contribution in [0.5, 0.6) is 0 Å². The van der Waals surface area contributed by atoms with Gasteiger partial charge in [0.05, 0.1) is 0 Å². The number of rotatable bonds is 4. The number of hydrogen-bond acceptors (Lipinski definition) is 1. The second-order valence-electron chi connectivity index (χ2n) is 5.64. The SMILES string of the molecule is CC(C)CN=C(N)NCC1CCCC(C)C1. The summed E-state index contributed by atoms with van der Waals surface area (Å²) in [5.74, 6) is 2.87. The van der Waals surface area contributed by atoms with E-state index in [0.29, 0.717) is 11.9 Å². The van der Waals surface area contributed by atoms with E-state index in [1.54, 1.807) is 0 Å². The Bertz CT molecular complexity index is 223. The van der Waals surface area contributed by atoms with Crippen molar-refractivity contribution in [2.75, 3.05) is 13.1 Å². The smallest absolute Gasteiger partial charge is 0.188 e. The first-order valence-electron chi connectivity index (χ1n) is 6.61. The zero-order chi connectivity index (χ0) is 12.0. The van der Waals surface area contributed by atoms with Crippen LogP contribution in [-0.4, -0.2) is 19.0 Å². The van der Waals surface area contributed by atoms with Crippen LogP contribution in [0, 0.1) is 17.8 Å². The molecule has 0 radical (unpaired) electrons. The van der Waals surface area contributed by atoms with Gasteiger partial charge in [0.15, 0.2) is 5.96 Å². The van der Waals surface area contributed by atoms with Gasteiger partial charge >= 0.3 is 0 Å². The predicted molar refractivity (Wildman–Crippen MR) is 70.5 cm³/mol. The molecule has 1 saturated carbocycles. The van der Waals surface area contributed by atoms with E-state index in [1.165, 1.54) is 25.7 Å². The first-order chi connectivity index (χ1) is 7.58. The molecule has 0 bridgehead atoms. The van der Waals surface area contributed by atoms with Crippen molar-refractivity contribution in [3.63, 3.8) is 0 Å². The Balaban J connectivity index is 2.20. The molecule has 2 unspecified atom stereocenters. The van der Waals surface area contributed by atoms with Crippen molar-refractivity contribution in [1.29, 1.82) is 0 Å². The highest BCUT2D eigenvalue weighted by atomic mass is 15.1. The maximum Gasteiger partial charge on any atom is 0.188 e. The van der Waals surface area contributed by atoms with Crippen LogP contribution in [0.3, 0.4) is 0 Å². The van der Waals surface area contributed by atoms with Crippen LogP contribution in [0.15, 0.2) is 4.99 Å². The first-order valence-corrected chi connectivity index (χ1v) is 6.61. The number of nitrogens with two attached hydrogens (primary N) is 1. The van der Waals surface area contributed by atoms with E-state index in [4.69, 9.17) is 5.73 Å². The first kappa shape index (κ1) is 13.3. The molecule has 0 aromatic rings. The van der Waals surface area contributed by atoms with Crippen LogP contribution < -0.4 is 11.1 Å². The topological polar surface area (TPSA) is 50.4 Å². The number of nitrogens with zero attached hydrogens (tertiary/aromatic N) is 1. The molecular weight excluding hydrogens is 198 g/mol. The van der Waals surface area contributed by atoms with Gasteiger partial charge in [-0.05, 0) is 30.6 Å². The van der Waals surface area contributed by atoms with Crippen LogP contribution >= 0.6 is 0 Å². The summed E-state index contributed by atoms with van der Waals surface area (Å²) in [6.07, 6.45) is 5.45. The summed E-state index contributed by atoms with van der Waals surface area (Å²) >= 11 is 0. The Labute approximate surface area is 99.9 Å². The molecule has 1 aliphatic rings. The summed E-state index contributed by atoms with van der Waals surface area (Å²) in [4.78, 5) is 4.31. The zero-order valence-corrected chi connectivity index (χ0v) is 11.0. The number of nitrogens with one attached hydrogen (secondary N) is 1. The summed E-state index contributed by atoms with van der Waals surface area (Å²) < 4.78 is 0. The highest BCUT2D eigenvalue weighted by Crippen LogP contribution is 2.27. The lowest BCUT2D eigenvalue weighted by Crippen LogP contribution is -2.37. The fourth-order valence-corrected chi connectivity index (χ4v) is 2.33. The molecule has 0 aromatic carbocycles. The minimum Gasteiger partial charge on any atom is -0.370 e. The molecule has 3 heteroatoms. The van der Waals surface area contributed by atoms with Gasteiger partial charge in [-0.3, -0.25) is 4.99 Å². The van der Waals surface area contributed by atoms with Crippen LogP contribution in [-0.2, 0) is 0 Å². The Morgan fingerprint density at radius 2 is 2.19 bits per heavy atom. The predicted octanol–water partition coefficient (Wildman–Crippen LogP) is 2.37. The number of hydrogen-bond donors (Lipinski definition) is 2. The lowest BCUT2D eigenvalue weighted by Gasteiger charge is -2.26. The van der Waals surface area contributed by atoms with Gasteiger partial charge in [0.25, 0.3) is 0 Å². The average molecular weight is 225 g/mol. The van der Waals surface area contributed by atoms with E-state index in [2.05, 4.69) is 31.1 Å². The van der Waals surface area contributed by atoms with E-state index in [0.717, 1.165) is 24.9 Å². The normalized spacial score (nSPS) is 27.1. The third-order valence-electron chi connectivity index (χ3n) is 3.24. The third kappa shape index (κ3) is 5.38. The van der Waals surface area contributed by atoms with Crippen LogP contribution in [0.1, 0.15) is 46.5 Å². The molecule has 0 aliphatic heterocycles. The molecule has 1 aliphatic carbocycles. The molecular formula is C13H27N3. The maximum absolute atomic E-state index is 5.81. The van der Waals surface area contributed by atoms with Gasteiger partial charge in [-0.1, -0.05) is 33.6 Å². The molecule has 0 amide bonds. The largest absolute Gasteiger partial charge is 0.370 e. The van der Waals surface area contributed by atoms with Gasteiger partial charge < -0.3 is 11.1 Å². The number of aliphatic imine (C=N–C) groups is 1. The van der Waals surface area contributed by atoms with Gasteiger partial charge in [-0.25, -0.2) is 0 Å². The Morgan fingerprint density at radius 3 is 2.81 bits per heavy atom. The van der Waals surface area contributed by atoms with Gasteiger partial charge in [0.1, 0.15) is 0 Å². The molecule has 2 atom stereocenters. The summed E-state index contributed by atoms with van der Waals surface area (Å²) in [7, 11) is 0. The fourth-order valence-electron chi connectivity index (χ4n) is 2.33. The van der Waals surface area contributed by atoms with Crippen molar-refractivity contribution in [3.05, 3.63) is 0 Å². The quantitative estimate of drug-likeness (QED) is 0.570. The van der Waals surface area contributed by atoms with Crippen molar-refractivity contribution < 1.29 is 0 Å².